The number of hydrogen-bond acceptors (Lipinski definition) is 11. The van der Waals surface area contributed by atoms with Crippen molar-refractivity contribution in [3.05, 3.63) is 110 Å². The number of imidazole rings is 1. The largest absolute Gasteiger partial charge is 0.463 e. The van der Waals surface area contributed by atoms with E-state index in [1.807, 2.05) is 71.6 Å². The molecule has 5 aromatic rings. The number of esters is 2. The quantitative estimate of drug-likeness (QED) is 0.0815. The molecule has 3 atom stereocenters. The lowest BCUT2D eigenvalue weighted by Gasteiger charge is -2.40. The summed E-state index contributed by atoms with van der Waals surface area (Å²) in [4.78, 5) is 30.8. The molecule has 0 fully saturated rings. The summed E-state index contributed by atoms with van der Waals surface area (Å²) in [5.74, 6) is -1.03. The van der Waals surface area contributed by atoms with Crippen molar-refractivity contribution in [1.82, 2.24) is 9.38 Å². The van der Waals surface area contributed by atoms with Gasteiger partial charge in [-0.05, 0) is 48.6 Å². The Labute approximate surface area is 309 Å². The van der Waals surface area contributed by atoms with E-state index in [4.69, 9.17) is 51.9 Å². The molecule has 4 heterocycles. The predicted octanol–water partition coefficient (Wildman–Crippen LogP) is 7.65. The van der Waals surface area contributed by atoms with E-state index in [2.05, 4.69) is 10.6 Å². The number of pyridine rings is 1. The van der Waals surface area contributed by atoms with Crippen molar-refractivity contribution in [2.75, 3.05) is 50.8 Å². The van der Waals surface area contributed by atoms with Gasteiger partial charge < -0.3 is 38.7 Å². The van der Waals surface area contributed by atoms with Crippen molar-refractivity contribution in [1.29, 1.82) is 0 Å². The monoisotopic (exact) mass is 752 g/mol. The summed E-state index contributed by atoms with van der Waals surface area (Å²) in [6.45, 7) is 4.26. The van der Waals surface area contributed by atoms with E-state index < -0.39 is 30.2 Å². The van der Waals surface area contributed by atoms with Crippen molar-refractivity contribution >= 4 is 69.2 Å². The molecule has 3 aromatic heterocycles. The second-order valence-electron chi connectivity index (χ2n) is 11.9. The molecule has 1 aliphatic heterocycles. The summed E-state index contributed by atoms with van der Waals surface area (Å²) in [5.41, 5.74) is 7.27. The molecule has 268 valence electrons. The number of fused-ring (bicyclic) bond motifs is 3. The van der Waals surface area contributed by atoms with E-state index in [9.17, 15) is 9.59 Å². The highest BCUT2D eigenvalue weighted by Crippen LogP contribution is 2.44. The van der Waals surface area contributed by atoms with Gasteiger partial charge in [-0.2, -0.15) is 0 Å². The molecule has 6 rings (SSSR count). The zero-order valence-corrected chi connectivity index (χ0v) is 30.6. The summed E-state index contributed by atoms with van der Waals surface area (Å²) in [5, 5.41) is 11.5. The SMILES string of the molecule is COCCO[C@@H]1c2ccn3c(C)c(C)nc3c2N[C@H](c2ccccc2)[C@H]1OC(=O)COCCOC(=O)Cc1cscc1Nc1c(Cl)cccc1Cl. The van der Waals surface area contributed by atoms with Crippen LogP contribution in [-0.2, 0) is 39.7 Å². The number of nitrogens with zero attached hydrogens (tertiary/aromatic N) is 2. The van der Waals surface area contributed by atoms with Crippen LogP contribution in [0.3, 0.4) is 0 Å². The maximum absolute atomic E-state index is 13.3. The fraction of sp³-hybridized carbons (Fsp3) is 0.324. The summed E-state index contributed by atoms with van der Waals surface area (Å²) < 4.78 is 30.8. The van der Waals surface area contributed by atoms with Crippen molar-refractivity contribution in [3.8, 4) is 0 Å². The lowest BCUT2D eigenvalue weighted by Crippen LogP contribution is -2.41. The van der Waals surface area contributed by atoms with Crippen molar-refractivity contribution in [2.45, 2.75) is 38.5 Å². The van der Waals surface area contributed by atoms with Crippen LogP contribution in [0.5, 0.6) is 0 Å². The van der Waals surface area contributed by atoms with Crippen LogP contribution in [0.1, 0.15) is 40.2 Å². The number of aromatic nitrogens is 2. The smallest absolute Gasteiger partial charge is 0.332 e. The van der Waals surface area contributed by atoms with Gasteiger partial charge in [-0.3, -0.25) is 4.79 Å². The molecule has 14 heteroatoms. The van der Waals surface area contributed by atoms with E-state index >= 15 is 0 Å². The number of carbonyl (C=O) groups is 2. The minimum atomic E-state index is -0.751. The molecule has 0 aliphatic carbocycles. The van der Waals surface area contributed by atoms with Gasteiger partial charge in [0.1, 0.15) is 19.3 Å². The van der Waals surface area contributed by atoms with E-state index in [1.165, 1.54) is 11.3 Å². The van der Waals surface area contributed by atoms with Crippen LogP contribution in [-0.4, -0.2) is 67.6 Å². The first-order valence-electron chi connectivity index (χ1n) is 16.3. The molecular formula is C37H38Cl2N4O7S. The number of anilines is 3. The van der Waals surface area contributed by atoms with E-state index in [0.29, 0.717) is 28.0 Å². The van der Waals surface area contributed by atoms with Crippen LogP contribution in [0.2, 0.25) is 10.0 Å². The molecule has 0 saturated carbocycles. The number of ether oxygens (including phenoxy) is 5. The molecule has 51 heavy (non-hydrogen) atoms. The number of carbonyl (C=O) groups excluding carboxylic acids is 2. The van der Waals surface area contributed by atoms with Crippen molar-refractivity contribution < 1.29 is 33.3 Å². The summed E-state index contributed by atoms with van der Waals surface area (Å²) in [7, 11) is 1.60. The van der Waals surface area contributed by atoms with Gasteiger partial charge in [0, 0.05) is 29.9 Å². The highest BCUT2D eigenvalue weighted by Gasteiger charge is 2.42. The predicted molar refractivity (Wildman–Crippen MR) is 197 cm³/mol. The number of nitrogens with one attached hydrogen (secondary N) is 2. The Morgan fingerprint density at radius 2 is 1.75 bits per heavy atom. The van der Waals surface area contributed by atoms with E-state index in [1.54, 1.807) is 25.3 Å². The van der Waals surface area contributed by atoms with Crippen LogP contribution in [0.25, 0.3) is 5.65 Å². The van der Waals surface area contributed by atoms with Gasteiger partial charge in [-0.15, -0.1) is 11.3 Å². The fourth-order valence-corrected chi connectivity index (χ4v) is 7.20. The van der Waals surface area contributed by atoms with Gasteiger partial charge in [0.25, 0.3) is 0 Å². The summed E-state index contributed by atoms with van der Waals surface area (Å²) in [6.07, 6.45) is 0.606. The highest BCUT2D eigenvalue weighted by atomic mass is 35.5. The second kappa shape index (κ2) is 16.9. The molecule has 0 radical (unpaired) electrons. The Kier molecular flexibility index (Phi) is 12.1. The fourth-order valence-electron chi connectivity index (χ4n) is 5.92. The average molecular weight is 754 g/mol. The number of benzene rings is 2. The zero-order valence-electron chi connectivity index (χ0n) is 28.3. The number of thiophene rings is 1. The van der Waals surface area contributed by atoms with Crippen LogP contribution in [0.15, 0.2) is 71.6 Å². The van der Waals surface area contributed by atoms with Crippen LogP contribution in [0, 0.1) is 13.8 Å². The van der Waals surface area contributed by atoms with Gasteiger partial charge in [-0.25, -0.2) is 9.78 Å². The lowest BCUT2D eigenvalue weighted by molar-refractivity contribution is -0.167. The Morgan fingerprint density at radius 3 is 2.51 bits per heavy atom. The van der Waals surface area contributed by atoms with Crippen LogP contribution in [0.4, 0.5) is 17.1 Å². The number of para-hydroxylation sites is 1. The van der Waals surface area contributed by atoms with Crippen LogP contribution >= 0.6 is 34.5 Å². The third-order valence-electron chi connectivity index (χ3n) is 8.56. The average Bonchev–Trinajstić information content (AvgIpc) is 3.68. The Balaban J connectivity index is 1.08. The lowest BCUT2D eigenvalue weighted by atomic mass is 9.88. The van der Waals surface area contributed by atoms with Gasteiger partial charge in [0.05, 0.1) is 65.1 Å². The van der Waals surface area contributed by atoms with E-state index in [0.717, 1.165) is 39.4 Å². The van der Waals surface area contributed by atoms with E-state index in [-0.39, 0.29) is 32.8 Å². The Bertz CT molecular complexity index is 1970. The molecule has 0 unspecified atom stereocenters. The minimum Gasteiger partial charge on any atom is -0.463 e. The number of aryl methyl sites for hydroxylation is 2. The third kappa shape index (κ3) is 8.49. The zero-order chi connectivity index (χ0) is 35.9. The topological polar surface area (TPSA) is 122 Å². The third-order valence-corrected chi connectivity index (χ3v) is 9.98. The molecule has 2 N–H and O–H groups in total. The molecule has 1 aliphatic rings. The minimum absolute atomic E-state index is 0.00299. The molecule has 0 spiro atoms. The molecule has 0 saturated heterocycles. The molecular weight excluding hydrogens is 715 g/mol. The maximum atomic E-state index is 13.3. The molecule has 0 amide bonds. The first-order valence-corrected chi connectivity index (χ1v) is 18.0. The first kappa shape index (κ1) is 36.6. The number of methoxy groups -OCH3 is 1. The van der Waals surface area contributed by atoms with Gasteiger partial charge >= 0.3 is 11.9 Å². The van der Waals surface area contributed by atoms with Gasteiger partial charge in [0.2, 0.25) is 0 Å². The Hall–Kier alpha value is -4.17. The first-order chi connectivity index (χ1) is 24.7. The van der Waals surface area contributed by atoms with Gasteiger partial charge in [-0.1, -0.05) is 59.6 Å². The molecule has 2 aromatic carbocycles. The standard InChI is InChI=1S/C37H38Cl2N4O7S/c1-22-23(2)43-13-12-26-33(37(43)40-22)42-32(24-8-5-4-6-9-24)36(35(26)49-16-14-46-3)50-31(45)19-47-15-17-48-30(44)18-25-20-51-21-29(25)41-34-27(38)10-7-11-28(34)39/h4-13,20-21,32,35-36,41-42H,14-19H2,1-3H3/t32-,35-,36-/m1/s1. The van der Waals surface area contributed by atoms with Crippen LogP contribution < -0.4 is 10.6 Å². The second-order valence-corrected chi connectivity index (χ2v) is 13.4. The van der Waals surface area contributed by atoms with Crippen molar-refractivity contribution in [3.63, 3.8) is 0 Å². The number of halogens is 2. The van der Waals surface area contributed by atoms with Gasteiger partial charge in [0.15, 0.2) is 11.8 Å². The molecule has 0 bridgehead atoms. The molecule has 11 nitrogen and oxygen atoms in total. The normalized spacial score (nSPS) is 16.8. The maximum Gasteiger partial charge on any atom is 0.332 e. The van der Waals surface area contributed by atoms with Crippen molar-refractivity contribution in [2.24, 2.45) is 0 Å². The number of rotatable bonds is 15. The summed E-state index contributed by atoms with van der Waals surface area (Å²) >= 11 is 14.0. The Morgan fingerprint density at radius 1 is 0.961 bits per heavy atom. The number of hydrogen-bond donors (Lipinski definition) is 2. The summed E-state index contributed by atoms with van der Waals surface area (Å²) in [6, 6.07) is 16.5. The highest BCUT2D eigenvalue weighted by molar-refractivity contribution is 7.08.